The van der Waals surface area contributed by atoms with Gasteiger partial charge in [0.2, 0.25) is 0 Å². The van der Waals surface area contributed by atoms with Crippen LogP contribution >= 0.6 is 0 Å². The van der Waals surface area contributed by atoms with Crippen LogP contribution in [0.25, 0.3) is 22.2 Å². The quantitative estimate of drug-likeness (QED) is 0.439. The van der Waals surface area contributed by atoms with Crippen LogP contribution in [-0.2, 0) is 0 Å². The van der Waals surface area contributed by atoms with Crippen molar-refractivity contribution in [2.24, 2.45) is 0 Å². The molecular formula is C24H22N2O3. The van der Waals surface area contributed by atoms with E-state index in [1.165, 1.54) is 5.56 Å². The molecule has 5 heteroatoms. The molecule has 4 rings (SSSR count). The fourth-order valence-electron chi connectivity index (χ4n) is 3.20. The molecule has 0 bridgehead atoms. The molecule has 0 aliphatic carbocycles. The Balaban J connectivity index is 1.82. The molecule has 0 saturated carbocycles. The maximum absolute atomic E-state index is 6.34. The molecule has 2 aromatic carbocycles. The van der Waals surface area contributed by atoms with Gasteiger partial charge >= 0.3 is 0 Å². The minimum atomic E-state index is 0.624. The first-order chi connectivity index (χ1) is 14.1. The number of methoxy groups -OCH3 is 2. The third kappa shape index (κ3) is 3.72. The molecule has 0 aliphatic rings. The van der Waals surface area contributed by atoms with Crippen LogP contribution in [0.1, 0.15) is 11.3 Å². The second-order valence-corrected chi connectivity index (χ2v) is 6.80. The number of fused-ring (bicyclic) bond motifs is 1. The number of aromatic nitrogens is 2. The van der Waals surface area contributed by atoms with Crippen LogP contribution in [0.15, 0.2) is 60.8 Å². The molecule has 0 amide bonds. The normalized spacial score (nSPS) is 10.8. The van der Waals surface area contributed by atoms with E-state index >= 15 is 0 Å². The third-order valence-electron chi connectivity index (χ3n) is 4.75. The number of hydrogen-bond acceptors (Lipinski definition) is 5. The van der Waals surface area contributed by atoms with Crippen molar-refractivity contribution in [1.29, 1.82) is 0 Å². The number of pyridine rings is 2. The monoisotopic (exact) mass is 386 g/mol. The Bertz CT molecular complexity index is 1170. The number of benzene rings is 2. The van der Waals surface area contributed by atoms with E-state index in [1.807, 2.05) is 37.3 Å². The van der Waals surface area contributed by atoms with Crippen molar-refractivity contribution in [2.45, 2.75) is 13.8 Å². The second kappa shape index (κ2) is 7.80. The Morgan fingerprint density at radius 3 is 2.17 bits per heavy atom. The largest absolute Gasteiger partial charge is 0.493 e. The van der Waals surface area contributed by atoms with E-state index in [-0.39, 0.29) is 0 Å². The van der Waals surface area contributed by atoms with Crippen molar-refractivity contribution in [2.75, 3.05) is 14.2 Å². The molecule has 4 aromatic rings. The Morgan fingerprint density at radius 2 is 1.45 bits per heavy atom. The molecule has 0 radical (unpaired) electrons. The van der Waals surface area contributed by atoms with Crippen LogP contribution in [0.4, 0.5) is 0 Å². The number of hydrogen-bond donors (Lipinski definition) is 0. The first-order valence-electron chi connectivity index (χ1n) is 9.32. The molecule has 0 saturated heterocycles. The number of nitrogens with zero attached hydrogens (tertiary/aromatic N) is 2. The highest BCUT2D eigenvalue weighted by Crippen LogP contribution is 2.38. The zero-order valence-corrected chi connectivity index (χ0v) is 16.9. The Kier molecular flexibility index (Phi) is 5.04. The molecule has 0 fully saturated rings. The zero-order valence-electron chi connectivity index (χ0n) is 16.9. The second-order valence-electron chi connectivity index (χ2n) is 6.80. The van der Waals surface area contributed by atoms with Crippen molar-refractivity contribution >= 4 is 10.9 Å². The van der Waals surface area contributed by atoms with Gasteiger partial charge in [-0.3, -0.25) is 4.98 Å². The molecular weight excluding hydrogens is 364 g/mol. The standard InChI is InChI=1S/C24H22N2O3/c1-15-5-8-17(9-6-15)24-21(10-7-16(2)26-24)29-20-11-12-25-19-14-23(28-4)22(27-3)13-18(19)20/h5-14H,1-4H3. The van der Waals surface area contributed by atoms with Gasteiger partial charge in [0.05, 0.1) is 19.7 Å². The van der Waals surface area contributed by atoms with E-state index in [1.54, 1.807) is 20.4 Å². The maximum Gasteiger partial charge on any atom is 0.162 e. The van der Waals surface area contributed by atoms with Crippen molar-refractivity contribution in [3.05, 3.63) is 72.1 Å². The molecule has 29 heavy (non-hydrogen) atoms. The molecule has 0 N–H and O–H groups in total. The van der Waals surface area contributed by atoms with Gasteiger partial charge in [-0.05, 0) is 38.1 Å². The summed E-state index contributed by atoms with van der Waals surface area (Å²) in [7, 11) is 3.22. The average Bonchev–Trinajstić information content (AvgIpc) is 2.74. The fraction of sp³-hybridized carbons (Fsp3) is 0.167. The number of ether oxygens (including phenoxy) is 3. The highest BCUT2D eigenvalue weighted by atomic mass is 16.5. The smallest absolute Gasteiger partial charge is 0.162 e. The minimum Gasteiger partial charge on any atom is -0.493 e. The summed E-state index contributed by atoms with van der Waals surface area (Å²) in [5.41, 5.74) is 4.70. The molecule has 0 atom stereocenters. The predicted molar refractivity (Wildman–Crippen MR) is 114 cm³/mol. The summed E-state index contributed by atoms with van der Waals surface area (Å²) in [5.74, 6) is 2.61. The summed E-state index contributed by atoms with van der Waals surface area (Å²) in [6.45, 7) is 4.04. The lowest BCUT2D eigenvalue weighted by atomic mass is 10.1. The van der Waals surface area contributed by atoms with Gasteiger partial charge in [0.15, 0.2) is 17.2 Å². The van der Waals surface area contributed by atoms with Gasteiger partial charge in [0.25, 0.3) is 0 Å². The van der Waals surface area contributed by atoms with Crippen molar-refractivity contribution < 1.29 is 14.2 Å². The van der Waals surface area contributed by atoms with Crippen LogP contribution in [0.5, 0.6) is 23.0 Å². The van der Waals surface area contributed by atoms with Crippen LogP contribution in [0.3, 0.4) is 0 Å². The highest BCUT2D eigenvalue weighted by Gasteiger charge is 2.14. The molecule has 0 aliphatic heterocycles. The van der Waals surface area contributed by atoms with Crippen LogP contribution in [0, 0.1) is 13.8 Å². The highest BCUT2D eigenvalue weighted by molar-refractivity contribution is 5.88. The van der Waals surface area contributed by atoms with E-state index in [2.05, 4.69) is 36.2 Å². The van der Waals surface area contributed by atoms with Crippen LogP contribution in [-0.4, -0.2) is 24.2 Å². The van der Waals surface area contributed by atoms with Gasteiger partial charge in [0, 0.05) is 28.9 Å². The molecule has 5 nitrogen and oxygen atoms in total. The SMILES string of the molecule is COc1cc2nccc(Oc3ccc(C)nc3-c3ccc(C)cc3)c2cc1OC. The van der Waals surface area contributed by atoms with E-state index < -0.39 is 0 Å². The van der Waals surface area contributed by atoms with Gasteiger partial charge in [0.1, 0.15) is 11.4 Å². The molecule has 146 valence electrons. The lowest BCUT2D eigenvalue weighted by Gasteiger charge is -2.14. The van der Waals surface area contributed by atoms with Crippen molar-refractivity contribution in [3.63, 3.8) is 0 Å². The van der Waals surface area contributed by atoms with E-state index in [0.29, 0.717) is 23.0 Å². The maximum atomic E-state index is 6.34. The summed E-state index contributed by atoms with van der Waals surface area (Å²) in [4.78, 5) is 9.17. The fourth-order valence-corrected chi connectivity index (χ4v) is 3.20. The Labute approximate surface area is 169 Å². The van der Waals surface area contributed by atoms with Gasteiger partial charge in [-0.15, -0.1) is 0 Å². The van der Waals surface area contributed by atoms with E-state index in [4.69, 9.17) is 19.2 Å². The summed E-state index contributed by atoms with van der Waals surface area (Å²) < 4.78 is 17.2. The van der Waals surface area contributed by atoms with Crippen LogP contribution < -0.4 is 14.2 Å². The van der Waals surface area contributed by atoms with Gasteiger partial charge in [-0.1, -0.05) is 29.8 Å². The third-order valence-corrected chi connectivity index (χ3v) is 4.75. The summed E-state index contributed by atoms with van der Waals surface area (Å²) in [6, 6.07) is 17.7. The lowest BCUT2D eigenvalue weighted by Crippen LogP contribution is -1.96. The van der Waals surface area contributed by atoms with Gasteiger partial charge < -0.3 is 14.2 Å². The minimum absolute atomic E-state index is 0.624. The summed E-state index contributed by atoms with van der Waals surface area (Å²) in [6.07, 6.45) is 1.72. The number of aryl methyl sites for hydroxylation is 2. The molecule has 2 aromatic heterocycles. The molecule has 2 heterocycles. The van der Waals surface area contributed by atoms with Gasteiger partial charge in [-0.25, -0.2) is 4.98 Å². The first kappa shape index (κ1) is 18.7. The Morgan fingerprint density at radius 1 is 0.724 bits per heavy atom. The lowest BCUT2D eigenvalue weighted by molar-refractivity contribution is 0.355. The predicted octanol–water partition coefficient (Wildman–Crippen LogP) is 5.72. The number of rotatable bonds is 5. The van der Waals surface area contributed by atoms with Crippen LogP contribution in [0.2, 0.25) is 0 Å². The zero-order chi connectivity index (χ0) is 20.4. The van der Waals surface area contributed by atoms with E-state index in [9.17, 15) is 0 Å². The first-order valence-corrected chi connectivity index (χ1v) is 9.32. The van der Waals surface area contributed by atoms with E-state index in [0.717, 1.165) is 27.9 Å². The van der Waals surface area contributed by atoms with Crippen molar-refractivity contribution in [1.82, 2.24) is 9.97 Å². The summed E-state index contributed by atoms with van der Waals surface area (Å²) >= 11 is 0. The van der Waals surface area contributed by atoms with Crippen molar-refractivity contribution in [3.8, 4) is 34.3 Å². The average molecular weight is 386 g/mol. The summed E-state index contributed by atoms with van der Waals surface area (Å²) in [5, 5.41) is 0.834. The topological polar surface area (TPSA) is 53.5 Å². The molecule has 0 unspecified atom stereocenters. The molecule has 0 spiro atoms. The Hall–Kier alpha value is -3.60. The van der Waals surface area contributed by atoms with Gasteiger partial charge in [-0.2, -0.15) is 0 Å².